The summed E-state index contributed by atoms with van der Waals surface area (Å²) in [4.78, 5) is 4.12. The summed E-state index contributed by atoms with van der Waals surface area (Å²) in [7, 11) is 0. The van der Waals surface area contributed by atoms with Gasteiger partial charge in [-0.05, 0) is 25.0 Å². The van der Waals surface area contributed by atoms with Crippen molar-refractivity contribution in [1.29, 1.82) is 0 Å². The van der Waals surface area contributed by atoms with E-state index in [4.69, 9.17) is 10.5 Å². The lowest BCUT2D eigenvalue weighted by Crippen LogP contribution is -2.06. The van der Waals surface area contributed by atoms with Gasteiger partial charge in [-0.1, -0.05) is 13.3 Å². The number of hydrogen-bond donors (Lipinski definition) is 1. The number of ether oxygens (including phenoxy) is 1. The number of aromatic nitrogens is 1. The molecule has 1 aromatic rings. The van der Waals surface area contributed by atoms with Crippen LogP contribution in [0.5, 0.6) is 5.88 Å². The van der Waals surface area contributed by atoms with Gasteiger partial charge in [0.2, 0.25) is 5.88 Å². The van der Waals surface area contributed by atoms with Gasteiger partial charge in [0, 0.05) is 18.3 Å². The Morgan fingerprint density at radius 3 is 3.00 bits per heavy atom. The molecule has 1 rings (SSSR count). The number of rotatable bonds is 5. The molecule has 0 aliphatic rings. The van der Waals surface area contributed by atoms with Crippen molar-refractivity contribution in [1.82, 2.24) is 4.98 Å². The second-order valence-corrected chi connectivity index (χ2v) is 3.42. The largest absolute Gasteiger partial charge is 0.478 e. The van der Waals surface area contributed by atoms with Crippen molar-refractivity contribution in [2.45, 2.75) is 32.7 Å². The van der Waals surface area contributed by atoms with Gasteiger partial charge in [-0.25, -0.2) is 4.98 Å². The first kappa shape index (κ1) is 11.0. The monoisotopic (exact) mass is 194 g/mol. The summed E-state index contributed by atoms with van der Waals surface area (Å²) in [5, 5.41) is 0. The van der Waals surface area contributed by atoms with E-state index in [9.17, 15) is 0 Å². The van der Waals surface area contributed by atoms with Crippen molar-refractivity contribution in [3.8, 4) is 5.88 Å². The molecule has 0 aliphatic carbocycles. The first-order valence-corrected chi connectivity index (χ1v) is 5.08. The Morgan fingerprint density at radius 2 is 2.36 bits per heavy atom. The topological polar surface area (TPSA) is 48.1 Å². The van der Waals surface area contributed by atoms with Crippen LogP contribution in [0.1, 0.15) is 38.3 Å². The molecule has 0 bridgehead atoms. The van der Waals surface area contributed by atoms with Crippen molar-refractivity contribution in [3.63, 3.8) is 0 Å². The van der Waals surface area contributed by atoms with Crippen molar-refractivity contribution < 1.29 is 4.74 Å². The summed E-state index contributed by atoms with van der Waals surface area (Å²) >= 11 is 0. The minimum Gasteiger partial charge on any atom is -0.478 e. The Balaban J connectivity index is 2.55. The lowest BCUT2D eigenvalue weighted by molar-refractivity contribution is 0.297. The first-order chi connectivity index (χ1) is 6.74. The standard InChI is InChI=1S/C11H18N2O/c1-3-4-7-14-11-8-10(9(2)12)5-6-13-11/h5-6,8-9H,3-4,7,12H2,1-2H3. The Kier molecular flexibility index (Phi) is 4.40. The van der Waals surface area contributed by atoms with Crippen molar-refractivity contribution in [3.05, 3.63) is 23.9 Å². The average molecular weight is 194 g/mol. The van der Waals surface area contributed by atoms with Gasteiger partial charge in [0.25, 0.3) is 0 Å². The molecule has 0 saturated carbocycles. The lowest BCUT2D eigenvalue weighted by atomic mass is 10.1. The predicted octanol–water partition coefficient (Wildman–Crippen LogP) is 2.28. The molecule has 78 valence electrons. The van der Waals surface area contributed by atoms with Gasteiger partial charge < -0.3 is 10.5 Å². The summed E-state index contributed by atoms with van der Waals surface area (Å²) in [6, 6.07) is 3.85. The third-order valence-electron chi connectivity index (χ3n) is 2.03. The van der Waals surface area contributed by atoms with E-state index in [-0.39, 0.29) is 6.04 Å². The molecular formula is C11H18N2O. The van der Waals surface area contributed by atoms with Crippen LogP contribution in [0, 0.1) is 0 Å². The Hall–Kier alpha value is -1.09. The minimum atomic E-state index is 0.0338. The number of hydrogen-bond acceptors (Lipinski definition) is 3. The summed E-state index contributed by atoms with van der Waals surface area (Å²) in [6.07, 6.45) is 3.93. The van der Waals surface area contributed by atoms with Crippen LogP contribution < -0.4 is 10.5 Å². The van der Waals surface area contributed by atoms with E-state index in [0.717, 1.165) is 25.0 Å². The van der Waals surface area contributed by atoms with Gasteiger partial charge in [0.15, 0.2) is 0 Å². The highest BCUT2D eigenvalue weighted by Crippen LogP contribution is 2.14. The Bertz CT molecular complexity index is 274. The average Bonchev–Trinajstić information content (AvgIpc) is 2.19. The van der Waals surface area contributed by atoms with Gasteiger partial charge in [-0.3, -0.25) is 0 Å². The van der Waals surface area contributed by atoms with Crippen LogP contribution >= 0.6 is 0 Å². The molecule has 0 fully saturated rings. The zero-order chi connectivity index (χ0) is 10.4. The van der Waals surface area contributed by atoms with Crippen LogP contribution in [0.2, 0.25) is 0 Å². The molecule has 0 amide bonds. The lowest BCUT2D eigenvalue weighted by Gasteiger charge is -2.08. The Labute approximate surface area is 85.3 Å². The van der Waals surface area contributed by atoms with E-state index in [1.54, 1.807) is 6.20 Å². The number of unbranched alkanes of at least 4 members (excludes halogenated alkanes) is 1. The molecule has 0 saturated heterocycles. The first-order valence-electron chi connectivity index (χ1n) is 5.08. The van der Waals surface area contributed by atoms with E-state index < -0.39 is 0 Å². The SMILES string of the molecule is CCCCOc1cc(C(C)N)ccn1. The minimum absolute atomic E-state index is 0.0338. The van der Waals surface area contributed by atoms with Crippen molar-refractivity contribution >= 4 is 0 Å². The summed E-state index contributed by atoms with van der Waals surface area (Å²) < 4.78 is 5.47. The maximum absolute atomic E-state index is 5.75. The van der Waals surface area contributed by atoms with Crippen LogP contribution in [-0.4, -0.2) is 11.6 Å². The fourth-order valence-electron chi connectivity index (χ4n) is 1.11. The molecule has 0 aliphatic heterocycles. The zero-order valence-corrected chi connectivity index (χ0v) is 8.86. The normalized spacial score (nSPS) is 12.5. The highest BCUT2D eigenvalue weighted by atomic mass is 16.5. The van der Waals surface area contributed by atoms with Crippen LogP contribution in [0.4, 0.5) is 0 Å². The van der Waals surface area contributed by atoms with E-state index >= 15 is 0 Å². The number of pyridine rings is 1. The molecule has 0 radical (unpaired) electrons. The molecule has 3 heteroatoms. The van der Waals surface area contributed by atoms with Crippen LogP contribution in [0.25, 0.3) is 0 Å². The molecule has 1 aromatic heterocycles. The van der Waals surface area contributed by atoms with Gasteiger partial charge in [-0.2, -0.15) is 0 Å². The second-order valence-electron chi connectivity index (χ2n) is 3.42. The van der Waals surface area contributed by atoms with Crippen molar-refractivity contribution in [2.24, 2.45) is 5.73 Å². The van der Waals surface area contributed by atoms with Crippen molar-refractivity contribution in [2.75, 3.05) is 6.61 Å². The van der Waals surface area contributed by atoms with E-state index in [0.29, 0.717) is 5.88 Å². The number of nitrogens with zero attached hydrogens (tertiary/aromatic N) is 1. The molecule has 3 nitrogen and oxygen atoms in total. The number of nitrogens with two attached hydrogens (primary N) is 1. The molecular weight excluding hydrogens is 176 g/mol. The summed E-state index contributed by atoms with van der Waals surface area (Å²) in [5.74, 6) is 0.674. The second kappa shape index (κ2) is 5.60. The molecule has 0 spiro atoms. The quantitative estimate of drug-likeness (QED) is 0.731. The third kappa shape index (κ3) is 3.34. The maximum Gasteiger partial charge on any atom is 0.213 e. The highest BCUT2D eigenvalue weighted by Gasteiger charge is 2.01. The van der Waals surface area contributed by atoms with E-state index in [1.807, 2.05) is 19.1 Å². The van der Waals surface area contributed by atoms with Gasteiger partial charge in [0.05, 0.1) is 6.61 Å². The molecule has 1 heterocycles. The predicted molar refractivity (Wildman–Crippen MR) is 57.2 cm³/mol. The molecule has 14 heavy (non-hydrogen) atoms. The summed E-state index contributed by atoms with van der Waals surface area (Å²) in [6.45, 7) is 4.81. The fourth-order valence-corrected chi connectivity index (χ4v) is 1.11. The van der Waals surface area contributed by atoms with E-state index in [1.165, 1.54) is 0 Å². The zero-order valence-electron chi connectivity index (χ0n) is 8.86. The summed E-state index contributed by atoms with van der Waals surface area (Å²) in [5.41, 5.74) is 6.82. The van der Waals surface area contributed by atoms with E-state index in [2.05, 4.69) is 11.9 Å². The van der Waals surface area contributed by atoms with Gasteiger partial charge in [0.1, 0.15) is 0 Å². The third-order valence-corrected chi connectivity index (χ3v) is 2.03. The van der Waals surface area contributed by atoms with Crippen LogP contribution in [0.3, 0.4) is 0 Å². The van der Waals surface area contributed by atoms with Crippen LogP contribution in [-0.2, 0) is 0 Å². The van der Waals surface area contributed by atoms with Crippen LogP contribution in [0.15, 0.2) is 18.3 Å². The molecule has 2 N–H and O–H groups in total. The maximum atomic E-state index is 5.75. The van der Waals surface area contributed by atoms with Gasteiger partial charge >= 0.3 is 0 Å². The highest BCUT2D eigenvalue weighted by molar-refractivity contribution is 5.22. The molecule has 0 aromatic carbocycles. The fraction of sp³-hybridized carbons (Fsp3) is 0.545. The Morgan fingerprint density at radius 1 is 1.57 bits per heavy atom. The molecule has 1 unspecified atom stereocenters. The smallest absolute Gasteiger partial charge is 0.213 e. The molecule has 1 atom stereocenters. The van der Waals surface area contributed by atoms with Gasteiger partial charge in [-0.15, -0.1) is 0 Å².